The fourth-order valence-corrected chi connectivity index (χ4v) is 2.03. The van der Waals surface area contributed by atoms with Crippen LogP contribution < -0.4 is 0 Å². The Morgan fingerprint density at radius 2 is 0.950 bits per heavy atom. The minimum atomic E-state index is -0.328. The number of hydrogen-bond donors (Lipinski definition) is 0. The molecule has 2 unspecified atom stereocenters. The zero-order valence-corrected chi connectivity index (χ0v) is 11.5. The molecule has 0 heterocycles. The molecular formula is C16H16N2O2. The van der Waals surface area contributed by atoms with Gasteiger partial charge in [-0.3, -0.25) is 0 Å². The minimum absolute atomic E-state index is 0.328. The lowest BCUT2D eigenvalue weighted by Crippen LogP contribution is -1.89. The van der Waals surface area contributed by atoms with Crippen LogP contribution in [0.1, 0.15) is 37.1 Å². The van der Waals surface area contributed by atoms with E-state index in [0.717, 1.165) is 22.3 Å². The van der Waals surface area contributed by atoms with Crippen molar-refractivity contribution >= 4 is 0 Å². The maximum absolute atomic E-state index is 10.5. The summed E-state index contributed by atoms with van der Waals surface area (Å²) in [6.45, 7) is 3.54. The molecule has 0 amide bonds. The Morgan fingerprint density at radius 3 is 1.20 bits per heavy atom. The van der Waals surface area contributed by atoms with Gasteiger partial charge in [-0.2, -0.15) is 9.81 Å². The molecule has 0 spiro atoms. The second kappa shape index (κ2) is 6.19. The van der Waals surface area contributed by atoms with Crippen molar-refractivity contribution in [3.63, 3.8) is 0 Å². The van der Waals surface area contributed by atoms with E-state index < -0.39 is 0 Å². The van der Waals surface area contributed by atoms with E-state index in [4.69, 9.17) is 0 Å². The largest absolute Gasteiger partial charge is 0.150 e. The van der Waals surface area contributed by atoms with Crippen molar-refractivity contribution in [3.05, 3.63) is 69.5 Å². The van der Waals surface area contributed by atoms with Gasteiger partial charge in [-0.05, 0) is 36.1 Å². The number of benzene rings is 2. The Hall–Kier alpha value is -2.36. The summed E-state index contributed by atoms with van der Waals surface area (Å²) in [6, 6.07) is 14.8. The van der Waals surface area contributed by atoms with E-state index in [1.165, 1.54) is 0 Å². The number of hydrogen-bond acceptors (Lipinski definition) is 4. The lowest BCUT2D eigenvalue weighted by atomic mass is 9.99. The van der Waals surface area contributed by atoms with E-state index in [9.17, 15) is 9.81 Å². The van der Waals surface area contributed by atoms with Crippen molar-refractivity contribution in [2.75, 3.05) is 0 Å². The van der Waals surface area contributed by atoms with Gasteiger partial charge in [0.15, 0.2) is 0 Å². The van der Waals surface area contributed by atoms with Gasteiger partial charge in [0.05, 0.1) is 0 Å². The van der Waals surface area contributed by atoms with Gasteiger partial charge in [-0.1, -0.05) is 58.9 Å². The standard InChI is InChI=1S/C16H16N2O2/c1-11(17-19)13-3-7-15(8-4-13)16-9-5-14(6-10-16)12(2)18-20/h3-12H,1-2H3. The zero-order valence-electron chi connectivity index (χ0n) is 11.5. The molecule has 0 aromatic heterocycles. The average molecular weight is 268 g/mol. The highest BCUT2D eigenvalue weighted by molar-refractivity contribution is 5.64. The molecule has 0 aliphatic carbocycles. The fourth-order valence-electron chi connectivity index (χ4n) is 2.03. The molecule has 20 heavy (non-hydrogen) atoms. The summed E-state index contributed by atoms with van der Waals surface area (Å²) in [5.41, 5.74) is 3.92. The average Bonchev–Trinajstić information content (AvgIpc) is 2.53. The second-order valence-corrected chi connectivity index (χ2v) is 4.81. The Bertz CT molecular complexity index is 535. The van der Waals surface area contributed by atoms with Gasteiger partial charge in [0.1, 0.15) is 12.1 Å². The Balaban J connectivity index is 2.23. The van der Waals surface area contributed by atoms with E-state index >= 15 is 0 Å². The van der Waals surface area contributed by atoms with Gasteiger partial charge in [0, 0.05) is 0 Å². The van der Waals surface area contributed by atoms with Crippen LogP contribution in [-0.2, 0) is 0 Å². The molecule has 2 rings (SSSR count). The summed E-state index contributed by atoms with van der Waals surface area (Å²) >= 11 is 0. The number of rotatable bonds is 5. The van der Waals surface area contributed by atoms with Gasteiger partial charge < -0.3 is 0 Å². The Kier molecular flexibility index (Phi) is 4.35. The lowest BCUT2D eigenvalue weighted by Gasteiger charge is -2.07. The summed E-state index contributed by atoms with van der Waals surface area (Å²) in [4.78, 5) is 21.0. The SMILES string of the molecule is CC(N=O)c1ccc(-c2ccc(C(C)N=O)cc2)cc1. The minimum Gasteiger partial charge on any atom is -0.150 e. The lowest BCUT2D eigenvalue weighted by molar-refractivity contribution is 0.811. The normalized spacial score (nSPS) is 13.5. The Morgan fingerprint density at radius 1 is 0.650 bits per heavy atom. The third kappa shape index (κ3) is 2.96. The van der Waals surface area contributed by atoms with Crippen molar-refractivity contribution < 1.29 is 0 Å². The highest BCUT2D eigenvalue weighted by atomic mass is 16.3. The van der Waals surface area contributed by atoms with Crippen LogP contribution >= 0.6 is 0 Å². The molecule has 2 atom stereocenters. The smallest absolute Gasteiger partial charge is 0.114 e. The quantitative estimate of drug-likeness (QED) is 0.716. The van der Waals surface area contributed by atoms with Crippen molar-refractivity contribution in [1.29, 1.82) is 0 Å². The molecule has 2 aromatic carbocycles. The molecule has 102 valence electrons. The van der Waals surface area contributed by atoms with Crippen LogP contribution in [0, 0.1) is 9.81 Å². The zero-order chi connectivity index (χ0) is 14.5. The molecule has 0 saturated heterocycles. The number of nitrogens with zero attached hydrogens (tertiary/aromatic N) is 2. The molecule has 0 N–H and O–H groups in total. The summed E-state index contributed by atoms with van der Waals surface area (Å²) in [5.74, 6) is 0. The molecule has 0 bridgehead atoms. The maximum atomic E-state index is 10.5. The van der Waals surface area contributed by atoms with Crippen LogP contribution in [0.2, 0.25) is 0 Å². The molecular weight excluding hydrogens is 252 g/mol. The second-order valence-electron chi connectivity index (χ2n) is 4.81. The van der Waals surface area contributed by atoms with Crippen molar-refractivity contribution in [2.45, 2.75) is 25.9 Å². The van der Waals surface area contributed by atoms with Gasteiger partial charge in [0.25, 0.3) is 0 Å². The van der Waals surface area contributed by atoms with Crippen LogP contribution in [0.3, 0.4) is 0 Å². The van der Waals surface area contributed by atoms with E-state index in [0.29, 0.717) is 0 Å². The maximum Gasteiger partial charge on any atom is 0.114 e. The van der Waals surface area contributed by atoms with E-state index in [1.807, 2.05) is 48.5 Å². The van der Waals surface area contributed by atoms with Gasteiger partial charge >= 0.3 is 0 Å². The van der Waals surface area contributed by atoms with Gasteiger partial charge in [-0.15, -0.1) is 0 Å². The predicted octanol–water partition coefficient (Wildman–Crippen LogP) is 5.01. The van der Waals surface area contributed by atoms with Gasteiger partial charge in [0.2, 0.25) is 0 Å². The highest BCUT2D eigenvalue weighted by Gasteiger charge is 2.07. The first-order valence-corrected chi connectivity index (χ1v) is 6.51. The van der Waals surface area contributed by atoms with Crippen LogP contribution in [0.15, 0.2) is 58.9 Å². The molecule has 0 saturated carbocycles. The first-order chi connectivity index (χ1) is 9.65. The topological polar surface area (TPSA) is 58.9 Å². The molecule has 4 nitrogen and oxygen atoms in total. The molecule has 0 aliphatic heterocycles. The third-order valence-corrected chi connectivity index (χ3v) is 3.44. The van der Waals surface area contributed by atoms with Crippen molar-refractivity contribution in [3.8, 4) is 11.1 Å². The Labute approximate surface area is 117 Å². The summed E-state index contributed by atoms with van der Waals surface area (Å²) in [6.07, 6.45) is 0. The van der Waals surface area contributed by atoms with Crippen LogP contribution in [0.4, 0.5) is 0 Å². The molecule has 4 heteroatoms. The summed E-state index contributed by atoms with van der Waals surface area (Å²) in [5, 5.41) is 6.02. The fraction of sp³-hybridized carbons (Fsp3) is 0.250. The predicted molar refractivity (Wildman–Crippen MR) is 80.3 cm³/mol. The molecule has 0 radical (unpaired) electrons. The first-order valence-electron chi connectivity index (χ1n) is 6.51. The highest BCUT2D eigenvalue weighted by Crippen LogP contribution is 2.25. The monoisotopic (exact) mass is 268 g/mol. The number of nitroso groups, excluding NO2 is 2. The van der Waals surface area contributed by atoms with Gasteiger partial charge in [-0.25, -0.2) is 0 Å². The molecule has 0 aliphatic rings. The van der Waals surface area contributed by atoms with E-state index in [1.54, 1.807) is 13.8 Å². The summed E-state index contributed by atoms with van der Waals surface area (Å²) in [7, 11) is 0. The van der Waals surface area contributed by atoms with Crippen molar-refractivity contribution in [2.24, 2.45) is 10.4 Å². The molecule has 2 aromatic rings. The van der Waals surface area contributed by atoms with Crippen LogP contribution in [-0.4, -0.2) is 0 Å². The van der Waals surface area contributed by atoms with E-state index in [-0.39, 0.29) is 12.1 Å². The molecule has 0 fully saturated rings. The van der Waals surface area contributed by atoms with Crippen LogP contribution in [0.5, 0.6) is 0 Å². The first kappa shape index (κ1) is 14.1. The van der Waals surface area contributed by atoms with Crippen molar-refractivity contribution in [1.82, 2.24) is 0 Å². The van der Waals surface area contributed by atoms with Crippen LogP contribution in [0.25, 0.3) is 11.1 Å². The third-order valence-electron chi connectivity index (χ3n) is 3.44. The summed E-state index contributed by atoms with van der Waals surface area (Å²) < 4.78 is 0. The van der Waals surface area contributed by atoms with E-state index in [2.05, 4.69) is 10.4 Å².